The Balaban J connectivity index is 3.09. The van der Waals surface area contributed by atoms with Crippen molar-refractivity contribution in [2.24, 2.45) is 5.73 Å². The van der Waals surface area contributed by atoms with Crippen molar-refractivity contribution in [3.05, 3.63) is 0 Å². The second-order valence-corrected chi connectivity index (χ2v) is 2.76. The quantitative estimate of drug-likeness (QED) is 0.581. The lowest BCUT2D eigenvalue weighted by molar-refractivity contribution is 0.0775. The van der Waals surface area contributed by atoms with Gasteiger partial charge in [-0.2, -0.15) is 0 Å². The number of hydrogen-bond acceptors (Lipinski definition) is 2. The second-order valence-electron chi connectivity index (χ2n) is 1.88. The minimum Gasteiger partial charge on any atom is -0.376 e. The van der Waals surface area contributed by atoms with E-state index < -0.39 is 0 Å². The summed E-state index contributed by atoms with van der Waals surface area (Å²) in [5.74, 6) is 0. The zero-order chi connectivity index (χ0) is 7.11. The van der Waals surface area contributed by atoms with Gasteiger partial charge in [0.25, 0.3) is 0 Å². The van der Waals surface area contributed by atoms with Gasteiger partial charge < -0.3 is 10.5 Å². The molecule has 1 atom stereocenters. The largest absolute Gasteiger partial charge is 0.376 e. The molecule has 0 aliphatic rings. The van der Waals surface area contributed by atoms with Crippen LogP contribution in [-0.2, 0) is 4.74 Å². The molecule has 0 saturated carbocycles. The molecule has 0 heterocycles. The molecule has 0 saturated heterocycles. The van der Waals surface area contributed by atoms with Gasteiger partial charge in [-0.1, -0.05) is 29.5 Å². The van der Waals surface area contributed by atoms with Crippen molar-refractivity contribution in [1.29, 1.82) is 0 Å². The zero-order valence-electron chi connectivity index (χ0n) is 5.77. The topological polar surface area (TPSA) is 35.2 Å². The predicted molar refractivity (Wildman–Crippen MR) is 48.0 cm³/mol. The molecule has 0 radical (unpaired) electrons. The van der Waals surface area contributed by atoms with Crippen LogP contribution < -0.4 is 5.73 Å². The van der Waals surface area contributed by atoms with Crippen LogP contribution in [0.5, 0.6) is 0 Å². The van der Waals surface area contributed by atoms with Crippen molar-refractivity contribution >= 4 is 22.6 Å². The molecule has 0 aromatic rings. The van der Waals surface area contributed by atoms with E-state index in [-0.39, 0.29) is 6.10 Å². The minimum atomic E-state index is 0.269. The van der Waals surface area contributed by atoms with Crippen molar-refractivity contribution < 1.29 is 4.74 Å². The van der Waals surface area contributed by atoms with E-state index in [2.05, 4.69) is 29.5 Å². The highest BCUT2D eigenvalue weighted by atomic mass is 127. The van der Waals surface area contributed by atoms with Crippen LogP contribution in [0.1, 0.15) is 13.3 Å². The van der Waals surface area contributed by atoms with Crippen molar-refractivity contribution in [3.8, 4) is 0 Å². The summed E-state index contributed by atoms with van der Waals surface area (Å²) in [5.41, 5.74) is 5.39. The summed E-state index contributed by atoms with van der Waals surface area (Å²) in [7, 11) is 0. The molecule has 2 N–H and O–H groups in total. The van der Waals surface area contributed by atoms with E-state index in [1.54, 1.807) is 0 Å². The monoisotopic (exact) mass is 243 g/mol. The molecule has 2 nitrogen and oxygen atoms in total. The third-order valence-corrected chi connectivity index (χ3v) is 1.98. The second kappa shape index (κ2) is 6.77. The first-order chi connectivity index (χ1) is 4.35. The van der Waals surface area contributed by atoms with Gasteiger partial charge in [-0.15, -0.1) is 0 Å². The standard InChI is InChI=1S/C6H14INO/c1-2-3-9-6(4-7)5-8/h6H,2-5,8H2,1H3. The maximum Gasteiger partial charge on any atom is 0.0786 e. The maximum atomic E-state index is 5.39. The molecule has 0 aromatic heterocycles. The summed E-state index contributed by atoms with van der Waals surface area (Å²) in [6, 6.07) is 0. The van der Waals surface area contributed by atoms with Crippen molar-refractivity contribution in [2.75, 3.05) is 17.6 Å². The van der Waals surface area contributed by atoms with Gasteiger partial charge in [0.05, 0.1) is 6.10 Å². The van der Waals surface area contributed by atoms with Crippen LogP contribution in [0, 0.1) is 0 Å². The number of alkyl halides is 1. The average molecular weight is 243 g/mol. The van der Waals surface area contributed by atoms with Gasteiger partial charge in [0.15, 0.2) is 0 Å². The molecule has 3 heteroatoms. The smallest absolute Gasteiger partial charge is 0.0786 e. The summed E-state index contributed by atoms with van der Waals surface area (Å²) in [4.78, 5) is 0. The van der Waals surface area contributed by atoms with Crippen LogP contribution in [0.3, 0.4) is 0 Å². The normalized spacial score (nSPS) is 13.7. The van der Waals surface area contributed by atoms with E-state index in [4.69, 9.17) is 10.5 Å². The number of ether oxygens (including phenoxy) is 1. The van der Waals surface area contributed by atoms with Crippen LogP contribution in [0.4, 0.5) is 0 Å². The summed E-state index contributed by atoms with van der Waals surface area (Å²) in [6.07, 6.45) is 1.35. The van der Waals surface area contributed by atoms with E-state index in [0.29, 0.717) is 6.54 Å². The Morgan fingerprint density at radius 2 is 2.33 bits per heavy atom. The lowest BCUT2D eigenvalue weighted by atomic mass is 10.4. The first-order valence-corrected chi connectivity index (χ1v) is 4.75. The number of halogens is 1. The highest BCUT2D eigenvalue weighted by molar-refractivity contribution is 14.1. The Hall–Kier alpha value is 0.650. The van der Waals surface area contributed by atoms with Crippen LogP contribution in [0.25, 0.3) is 0 Å². The fourth-order valence-electron chi connectivity index (χ4n) is 0.460. The molecule has 1 unspecified atom stereocenters. The third kappa shape index (κ3) is 5.11. The summed E-state index contributed by atoms with van der Waals surface area (Å²) >= 11 is 2.28. The van der Waals surface area contributed by atoms with Crippen molar-refractivity contribution in [3.63, 3.8) is 0 Å². The molecule has 0 aliphatic heterocycles. The van der Waals surface area contributed by atoms with Gasteiger partial charge in [0.1, 0.15) is 0 Å². The molecular formula is C6H14INO. The van der Waals surface area contributed by atoms with Crippen molar-refractivity contribution in [1.82, 2.24) is 0 Å². The first kappa shape index (κ1) is 9.65. The third-order valence-electron chi connectivity index (χ3n) is 0.993. The van der Waals surface area contributed by atoms with Gasteiger partial charge in [0, 0.05) is 17.6 Å². The number of rotatable bonds is 5. The fourth-order valence-corrected chi connectivity index (χ4v) is 1.07. The molecule has 0 aromatic carbocycles. The molecule has 0 amide bonds. The fraction of sp³-hybridized carbons (Fsp3) is 1.00. The summed E-state index contributed by atoms with van der Waals surface area (Å²) < 4.78 is 6.35. The van der Waals surface area contributed by atoms with E-state index in [9.17, 15) is 0 Å². The highest BCUT2D eigenvalue weighted by Crippen LogP contribution is 1.95. The molecule has 0 bridgehead atoms. The van der Waals surface area contributed by atoms with Crippen LogP contribution in [0.15, 0.2) is 0 Å². The molecular weight excluding hydrogens is 229 g/mol. The van der Waals surface area contributed by atoms with E-state index in [1.165, 1.54) is 0 Å². The van der Waals surface area contributed by atoms with Crippen LogP contribution >= 0.6 is 22.6 Å². The predicted octanol–water partition coefficient (Wildman–Crippen LogP) is 1.18. The number of nitrogens with two attached hydrogens (primary N) is 1. The van der Waals surface area contributed by atoms with Crippen molar-refractivity contribution in [2.45, 2.75) is 19.4 Å². The molecule has 56 valence electrons. The first-order valence-electron chi connectivity index (χ1n) is 3.22. The Bertz CT molecular complexity index is 57.0. The van der Waals surface area contributed by atoms with Gasteiger partial charge >= 0.3 is 0 Å². The highest BCUT2D eigenvalue weighted by Gasteiger charge is 2.01. The Labute approximate surface area is 70.3 Å². The molecule has 0 aliphatic carbocycles. The van der Waals surface area contributed by atoms with E-state index in [0.717, 1.165) is 17.5 Å². The van der Waals surface area contributed by atoms with Crippen LogP contribution in [-0.4, -0.2) is 23.7 Å². The Morgan fingerprint density at radius 1 is 1.67 bits per heavy atom. The molecule has 0 rings (SSSR count). The summed E-state index contributed by atoms with van der Waals surface area (Å²) in [5, 5.41) is 0. The Morgan fingerprint density at radius 3 is 2.67 bits per heavy atom. The lowest BCUT2D eigenvalue weighted by Gasteiger charge is -2.10. The molecule has 0 spiro atoms. The van der Waals surface area contributed by atoms with E-state index in [1.807, 2.05) is 0 Å². The lowest BCUT2D eigenvalue weighted by Crippen LogP contribution is -2.25. The van der Waals surface area contributed by atoms with Gasteiger partial charge in [-0.05, 0) is 6.42 Å². The average Bonchev–Trinajstić information content (AvgIpc) is 1.91. The minimum absolute atomic E-state index is 0.269. The number of hydrogen-bond donors (Lipinski definition) is 1. The Kier molecular flexibility index (Phi) is 7.25. The van der Waals surface area contributed by atoms with Gasteiger partial charge in [0.2, 0.25) is 0 Å². The molecule has 9 heavy (non-hydrogen) atoms. The van der Waals surface area contributed by atoms with Gasteiger partial charge in [-0.25, -0.2) is 0 Å². The maximum absolute atomic E-state index is 5.39. The molecule has 0 fully saturated rings. The summed E-state index contributed by atoms with van der Waals surface area (Å²) in [6.45, 7) is 3.58. The van der Waals surface area contributed by atoms with Crippen LogP contribution in [0.2, 0.25) is 0 Å². The SMILES string of the molecule is CCCOC(CN)CI. The van der Waals surface area contributed by atoms with E-state index >= 15 is 0 Å². The van der Waals surface area contributed by atoms with Gasteiger partial charge in [-0.3, -0.25) is 0 Å². The zero-order valence-corrected chi connectivity index (χ0v) is 7.93.